The summed E-state index contributed by atoms with van der Waals surface area (Å²) in [5, 5.41) is 0. The van der Waals surface area contributed by atoms with Crippen LogP contribution in [0.15, 0.2) is 29.2 Å². The molecule has 2 aliphatic heterocycles. The lowest BCUT2D eigenvalue weighted by Gasteiger charge is -2.33. The molecule has 0 spiro atoms. The third kappa shape index (κ3) is 4.25. The van der Waals surface area contributed by atoms with Gasteiger partial charge in [0.25, 0.3) is 0 Å². The Bertz CT molecular complexity index is 695. The number of rotatable bonds is 4. The molecule has 2 aliphatic rings. The fourth-order valence-corrected chi connectivity index (χ4v) is 4.63. The molecule has 1 aromatic rings. The molecule has 140 valence electrons. The Hall–Kier alpha value is -1.36. The summed E-state index contributed by atoms with van der Waals surface area (Å²) in [5.74, 6) is -0.643. The van der Waals surface area contributed by atoms with Crippen molar-refractivity contribution < 1.29 is 35.8 Å². The lowest BCUT2D eigenvalue weighted by molar-refractivity contribution is -0.275. The van der Waals surface area contributed by atoms with E-state index < -0.39 is 27.0 Å². The van der Waals surface area contributed by atoms with Crippen LogP contribution in [0.1, 0.15) is 12.8 Å². The van der Waals surface area contributed by atoms with Crippen LogP contribution in [0.4, 0.5) is 13.2 Å². The smallest absolute Gasteiger partial charge is 0.404 e. The Morgan fingerprint density at radius 3 is 2.28 bits per heavy atom. The van der Waals surface area contributed by atoms with Gasteiger partial charge in [-0.25, -0.2) is 8.42 Å². The summed E-state index contributed by atoms with van der Waals surface area (Å²) in [4.78, 5) is -0.487. The van der Waals surface area contributed by atoms with Gasteiger partial charge in [0.15, 0.2) is 6.29 Å². The maximum Gasteiger partial charge on any atom is 0.573 e. The van der Waals surface area contributed by atoms with Crippen molar-refractivity contribution in [2.24, 2.45) is 5.92 Å². The molecule has 2 fully saturated rings. The number of ether oxygens (including phenoxy) is 3. The topological polar surface area (TPSA) is 65.1 Å². The van der Waals surface area contributed by atoms with E-state index in [1.54, 1.807) is 0 Å². The van der Waals surface area contributed by atoms with Gasteiger partial charge in [-0.05, 0) is 25.0 Å². The first-order chi connectivity index (χ1) is 11.8. The van der Waals surface area contributed by atoms with E-state index >= 15 is 0 Å². The zero-order chi connectivity index (χ0) is 18.1. The van der Waals surface area contributed by atoms with Crippen LogP contribution in [0, 0.1) is 5.92 Å². The zero-order valence-electron chi connectivity index (χ0n) is 13.2. The van der Waals surface area contributed by atoms with Gasteiger partial charge < -0.3 is 14.2 Å². The highest BCUT2D eigenvalue weighted by Crippen LogP contribution is 2.34. The highest BCUT2D eigenvalue weighted by Gasteiger charge is 2.38. The second-order valence-corrected chi connectivity index (χ2v) is 7.75. The van der Waals surface area contributed by atoms with Crippen LogP contribution >= 0.6 is 0 Å². The third-order valence-corrected chi connectivity index (χ3v) is 6.16. The first-order valence-corrected chi connectivity index (χ1v) is 9.29. The summed E-state index contributed by atoms with van der Waals surface area (Å²) in [6.45, 7) is 1.42. The average molecular weight is 381 g/mol. The summed E-state index contributed by atoms with van der Waals surface area (Å²) >= 11 is 0. The minimum atomic E-state index is -4.96. The normalized spacial score (nSPS) is 21.6. The van der Waals surface area contributed by atoms with E-state index in [1.165, 1.54) is 16.4 Å². The monoisotopic (exact) mass is 381 g/mol. The van der Waals surface area contributed by atoms with Gasteiger partial charge in [-0.3, -0.25) is 0 Å². The molecule has 10 heteroatoms. The van der Waals surface area contributed by atoms with Crippen LogP contribution in [-0.4, -0.2) is 51.7 Å². The summed E-state index contributed by atoms with van der Waals surface area (Å²) in [5.41, 5.74) is 0. The molecule has 0 N–H and O–H groups in total. The number of nitrogens with zero attached hydrogens (tertiary/aromatic N) is 1. The average Bonchev–Trinajstić information content (AvgIpc) is 3.08. The molecule has 0 saturated carbocycles. The van der Waals surface area contributed by atoms with E-state index in [1.807, 2.05) is 0 Å². The predicted octanol–water partition coefficient (Wildman–Crippen LogP) is 2.36. The number of hydrogen-bond acceptors (Lipinski definition) is 5. The Balaban J connectivity index is 1.74. The third-order valence-electron chi connectivity index (χ3n) is 4.22. The van der Waals surface area contributed by atoms with Gasteiger partial charge in [-0.2, -0.15) is 4.31 Å². The lowest BCUT2D eigenvalue weighted by Crippen LogP contribution is -2.41. The van der Waals surface area contributed by atoms with Crippen LogP contribution in [0.3, 0.4) is 0 Å². The summed E-state index contributed by atoms with van der Waals surface area (Å²) < 4.78 is 78.9. The quantitative estimate of drug-likeness (QED) is 0.801. The molecule has 2 saturated heterocycles. The van der Waals surface area contributed by atoms with Gasteiger partial charge in [0.2, 0.25) is 10.0 Å². The molecule has 0 bridgehead atoms. The molecule has 0 aliphatic carbocycles. The van der Waals surface area contributed by atoms with Crippen molar-refractivity contribution in [2.75, 3.05) is 26.3 Å². The Labute approximate surface area is 143 Å². The summed E-state index contributed by atoms with van der Waals surface area (Å²) in [7, 11) is -4.09. The number of hydrogen-bond donors (Lipinski definition) is 0. The maximum absolute atomic E-state index is 12.7. The van der Waals surface area contributed by atoms with Crippen molar-refractivity contribution >= 4 is 10.0 Å². The first kappa shape index (κ1) is 18.4. The van der Waals surface area contributed by atoms with Crippen molar-refractivity contribution in [3.8, 4) is 5.75 Å². The van der Waals surface area contributed by atoms with Crippen LogP contribution in [0.5, 0.6) is 5.75 Å². The number of benzene rings is 1. The van der Waals surface area contributed by atoms with Crippen molar-refractivity contribution in [2.45, 2.75) is 30.4 Å². The van der Waals surface area contributed by atoms with Crippen LogP contribution < -0.4 is 4.74 Å². The van der Waals surface area contributed by atoms with E-state index in [0.717, 1.165) is 12.1 Å². The van der Waals surface area contributed by atoms with E-state index in [-0.39, 0.29) is 25.3 Å². The van der Waals surface area contributed by atoms with E-state index in [9.17, 15) is 21.6 Å². The lowest BCUT2D eigenvalue weighted by atomic mass is 9.98. The molecule has 6 nitrogen and oxygen atoms in total. The van der Waals surface area contributed by atoms with Gasteiger partial charge in [-0.15, -0.1) is 13.2 Å². The molecule has 0 amide bonds. The highest BCUT2D eigenvalue weighted by atomic mass is 32.2. The fourth-order valence-electron chi connectivity index (χ4n) is 3.05. The van der Waals surface area contributed by atoms with Crippen molar-refractivity contribution in [1.29, 1.82) is 0 Å². The summed E-state index contributed by atoms with van der Waals surface area (Å²) in [6.07, 6.45) is -4.25. The van der Waals surface area contributed by atoms with Gasteiger partial charge in [-0.1, -0.05) is 12.1 Å². The molecular formula is C15H18F3NO5S. The first-order valence-electron chi connectivity index (χ1n) is 7.85. The Morgan fingerprint density at radius 1 is 1.08 bits per heavy atom. The van der Waals surface area contributed by atoms with Crippen LogP contribution in [0.25, 0.3) is 0 Å². The van der Waals surface area contributed by atoms with Crippen molar-refractivity contribution in [3.05, 3.63) is 24.3 Å². The van der Waals surface area contributed by atoms with Gasteiger partial charge >= 0.3 is 6.36 Å². The van der Waals surface area contributed by atoms with Crippen LogP contribution in [-0.2, 0) is 19.5 Å². The second-order valence-electron chi connectivity index (χ2n) is 5.85. The number of sulfonamides is 1. The van der Waals surface area contributed by atoms with Gasteiger partial charge in [0, 0.05) is 19.0 Å². The zero-order valence-corrected chi connectivity index (χ0v) is 14.1. The molecule has 0 radical (unpaired) electrons. The molecule has 0 atom stereocenters. The maximum atomic E-state index is 12.7. The molecule has 1 aromatic carbocycles. The largest absolute Gasteiger partial charge is 0.573 e. The molecule has 3 rings (SSSR count). The Kier molecular flexibility index (Phi) is 5.24. The van der Waals surface area contributed by atoms with Gasteiger partial charge in [0.05, 0.1) is 13.2 Å². The van der Waals surface area contributed by atoms with E-state index in [0.29, 0.717) is 26.1 Å². The molecule has 2 heterocycles. The number of para-hydroxylation sites is 1. The number of halogens is 3. The molecule has 0 aromatic heterocycles. The molecular weight excluding hydrogens is 363 g/mol. The van der Waals surface area contributed by atoms with Crippen molar-refractivity contribution in [1.82, 2.24) is 4.31 Å². The van der Waals surface area contributed by atoms with Gasteiger partial charge in [0.1, 0.15) is 10.6 Å². The van der Waals surface area contributed by atoms with E-state index in [4.69, 9.17) is 9.47 Å². The Morgan fingerprint density at radius 2 is 1.68 bits per heavy atom. The predicted molar refractivity (Wildman–Crippen MR) is 80.3 cm³/mol. The minimum absolute atomic E-state index is 0.0793. The number of piperidine rings is 1. The SMILES string of the molecule is O=S(=O)(c1ccccc1OC(F)(F)F)N1CCC(C2OCCO2)CC1. The highest BCUT2D eigenvalue weighted by molar-refractivity contribution is 7.89. The fraction of sp³-hybridized carbons (Fsp3) is 0.600. The number of alkyl halides is 3. The van der Waals surface area contributed by atoms with Crippen molar-refractivity contribution in [3.63, 3.8) is 0 Å². The molecule has 0 unspecified atom stereocenters. The standard InChI is InChI=1S/C15H18F3NO5S/c16-15(17,18)24-12-3-1-2-4-13(12)25(20,21)19-7-5-11(6-8-19)14-22-9-10-23-14/h1-4,11,14H,5-10H2. The second kappa shape index (κ2) is 7.10. The molecule has 25 heavy (non-hydrogen) atoms. The van der Waals surface area contributed by atoms with Crippen LogP contribution in [0.2, 0.25) is 0 Å². The summed E-state index contributed by atoms with van der Waals surface area (Å²) in [6, 6.07) is 4.77. The minimum Gasteiger partial charge on any atom is -0.404 e. The van der Waals surface area contributed by atoms with E-state index in [2.05, 4.69) is 4.74 Å².